The molecule has 0 bridgehead atoms. The highest BCUT2D eigenvalue weighted by atomic mass is 32.2. The van der Waals surface area contributed by atoms with Crippen LogP contribution in [-0.4, -0.2) is 23.9 Å². The SMILES string of the molecule is Cc1cccc(CSCc2ccc(C(=O)N3CCNc4ccccc4C3)o2)c1. The van der Waals surface area contributed by atoms with E-state index >= 15 is 0 Å². The Kier molecular flexibility index (Phi) is 5.72. The number of thioether (sulfide) groups is 1. The predicted octanol–water partition coefficient (Wildman–Crippen LogP) is 5.09. The van der Waals surface area contributed by atoms with Gasteiger partial charge in [-0.15, -0.1) is 11.8 Å². The highest BCUT2D eigenvalue weighted by molar-refractivity contribution is 7.97. The molecule has 1 aliphatic heterocycles. The number of hydrogen-bond acceptors (Lipinski definition) is 4. The van der Waals surface area contributed by atoms with E-state index in [9.17, 15) is 4.79 Å². The zero-order valence-electron chi connectivity index (χ0n) is 16.0. The Morgan fingerprint density at radius 1 is 1.11 bits per heavy atom. The van der Waals surface area contributed by atoms with Crippen molar-refractivity contribution in [2.24, 2.45) is 0 Å². The molecule has 0 unspecified atom stereocenters. The van der Waals surface area contributed by atoms with Gasteiger partial charge < -0.3 is 14.6 Å². The Hall–Kier alpha value is -2.66. The van der Waals surface area contributed by atoms with Gasteiger partial charge in [-0.1, -0.05) is 48.0 Å². The molecule has 0 atom stereocenters. The fraction of sp³-hybridized carbons (Fsp3) is 0.261. The monoisotopic (exact) mass is 392 g/mol. The van der Waals surface area contributed by atoms with Crippen molar-refractivity contribution in [2.75, 3.05) is 18.4 Å². The number of hydrogen-bond donors (Lipinski definition) is 1. The van der Waals surface area contributed by atoms with E-state index in [4.69, 9.17) is 4.42 Å². The van der Waals surface area contributed by atoms with Gasteiger partial charge in [0.2, 0.25) is 0 Å². The van der Waals surface area contributed by atoms with E-state index < -0.39 is 0 Å². The number of fused-ring (bicyclic) bond motifs is 1. The second-order valence-corrected chi connectivity index (χ2v) is 8.04. The summed E-state index contributed by atoms with van der Waals surface area (Å²) in [5.74, 6) is 2.90. The van der Waals surface area contributed by atoms with E-state index in [2.05, 4.69) is 48.6 Å². The molecule has 3 aromatic rings. The smallest absolute Gasteiger partial charge is 0.289 e. The second kappa shape index (κ2) is 8.57. The number of carbonyl (C=O) groups is 1. The number of anilines is 1. The van der Waals surface area contributed by atoms with E-state index in [1.807, 2.05) is 23.1 Å². The Morgan fingerprint density at radius 3 is 2.89 bits per heavy atom. The van der Waals surface area contributed by atoms with Gasteiger partial charge in [-0.3, -0.25) is 4.79 Å². The number of furan rings is 1. The van der Waals surface area contributed by atoms with Crippen LogP contribution in [0.25, 0.3) is 0 Å². The lowest BCUT2D eigenvalue weighted by atomic mass is 10.1. The number of nitrogens with one attached hydrogen (secondary N) is 1. The van der Waals surface area contributed by atoms with Crippen LogP contribution in [0.1, 0.15) is 33.0 Å². The summed E-state index contributed by atoms with van der Waals surface area (Å²) in [6.07, 6.45) is 0. The Labute approximate surface area is 169 Å². The van der Waals surface area contributed by atoms with Crippen LogP contribution in [0, 0.1) is 6.92 Å². The van der Waals surface area contributed by atoms with Crippen molar-refractivity contribution < 1.29 is 9.21 Å². The highest BCUT2D eigenvalue weighted by Gasteiger charge is 2.22. The van der Waals surface area contributed by atoms with Gasteiger partial charge in [0.15, 0.2) is 5.76 Å². The first-order chi connectivity index (χ1) is 13.7. The lowest BCUT2D eigenvalue weighted by Gasteiger charge is -2.19. The zero-order valence-corrected chi connectivity index (χ0v) is 16.8. The van der Waals surface area contributed by atoms with Crippen LogP contribution < -0.4 is 5.32 Å². The van der Waals surface area contributed by atoms with Crippen LogP contribution in [0.4, 0.5) is 5.69 Å². The van der Waals surface area contributed by atoms with Crippen molar-refractivity contribution in [1.29, 1.82) is 0 Å². The molecule has 4 rings (SSSR count). The Balaban J connectivity index is 1.36. The predicted molar refractivity (Wildman–Crippen MR) is 115 cm³/mol. The minimum absolute atomic E-state index is 0.0477. The number of rotatable bonds is 5. The van der Waals surface area contributed by atoms with Crippen LogP contribution in [0.15, 0.2) is 65.1 Å². The molecule has 2 heterocycles. The summed E-state index contributed by atoms with van der Waals surface area (Å²) in [7, 11) is 0. The maximum atomic E-state index is 12.9. The molecular weight excluding hydrogens is 368 g/mol. The number of aryl methyl sites for hydroxylation is 1. The first-order valence-electron chi connectivity index (χ1n) is 9.52. The maximum Gasteiger partial charge on any atom is 0.289 e. The molecule has 144 valence electrons. The summed E-state index contributed by atoms with van der Waals surface area (Å²) >= 11 is 1.79. The molecule has 1 N–H and O–H groups in total. The standard InChI is InChI=1S/C23H24N2O2S/c1-17-5-4-6-18(13-17)15-28-16-20-9-10-22(27-20)23(26)25-12-11-24-21-8-3-2-7-19(21)14-25/h2-10,13,24H,11-12,14-16H2,1H3. The number of nitrogens with zero attached hydrogens (tertiary/aromatic N) is 1. The molecule has 0 saturated heterocycles. The van der Waals surface area contributed by atoms with E-state index in [1.165, 1.54) is 11.1 Å². The molecule has 0 radical (unpaired) electrons. The summed E-state index contributed by atoms with van der Waals surface area (Å²) in [4.78, 5) is 14.8. The van der Waals surface area contributed by atoms with Gasteiger partial charge in [0.1, 0.15) is 5.76 Å². The quantitative estimate of drug-likeness (QED) is 0.657. The van der Waals surface area contributed by atoms with Crippen LogP contribution >= 0.6 is 11.8 Å². The van der Waals surface area contributed by atoms with Gasteiger partial charge in [-0.25, -0.2) is 0 Å². The van der Waals surface area contributed by atoms with Crippen LogP contribution in [0.2, 0.25) is 0 Å². The van der Waals surface area contributed by atoms with Crippen molar-refractivity contribution in [3.8, 4) is 0 Å². The van der Waals surface area contributed by atoms with Gasteiger partial charge in [-0.05, 0) is 36.2 Å². The fourth-order valence-corrected chi connectivity index (χ4v) is 4.29. The maximum absolute atomic E-state index is 12.9. The molecular formula is C23H24N2O2S. The van der Waals surface area contributed by atoms with E-state index in [0.717, 1.165) is 35.1 Å². The number of amides is 1. The lowest BCUT2D eigenvalue weighted by molar-refractivity contribution is 0.0719. The summed E-state index contributed by atoms with van der Waals surface area (Å²) in [6.45, 7) is 4.10. The average Bonchev–Trinajstić information content (AvgIpc) is 3.06. The third-order valence-electron chi connectivity index (χ3n) is 4.83. The molecule has 0 fully saturated rings. The second-order valence-electron chi connectivity index (χ2n) is 7.06. The topological polar surface area (TPSA) is 45.5 Å². The van der Waals surface area contributed by atoms with Crippen LogP contribution in [0.5, 0.6) is 0 Å². The van der Waals surface area contributed by atoms with Crippen molar-refractivity contribution in [3.05, 3.63) is 88.9 Å². The Bertz CT molecular complexity index is 966. The summed E-state index contributed by atoms with van der Waals surface area (Å²) in [5, 5.41) is 3.39. The first-order valence-corrected chi connectivity index (χ1v) is 10.7. The Morgan fingerprint density at radius 2 is 2.00 bits per heavy atom. The molecule has 1 amide bonds. The molecule has 0 saturated carbocycles. The molecule has 1 aliphatic rings. The van der Waals surface area contributed by atoms with E-state index in [0.29, 0.717) is 18.8 Å². The largest absolute Gasteiger partial charge is 0.455 e. The van der Waals surface area contributed by atoms with Gasteiger partial charge in [0.05, 0.1) is 5.75 Å². The van der Waals surface area contributed by atoms with E-state index in [1.54, 1.807) is 17.8 Å². The summed E-state index contributed by atoms with van der Waals surface area (Å²) in [5.41, 5.74) is 4.82. The van der Waals surface area contributed by atoms with Gasteiger partial charge in [-0.2, -0.15) is 0 Å². The van der Waals surface area contributed by atoms with Crippen molar-refractivity contribution in [1.82, 2.24) is 4.90 Å². The summed E-state index contributed by atoms with van der Waals surface area (Å²) in [6, 6.07) is 20.4. The highest BCUT2D eigenvalue weighted by Crippen LogP contribution is 2.23. The molecule has 28 heavy (non-hydrogen) atoms. The van der Waals surface area contributed by atoms with Gasteiger partial charge in [0, 0.05) is 31.1 Å². The number of para-hydroxylation sites is 1. The number of benzene rings is 2. The third-order valence-corrected chi connectivity index (χ3v) is 5.86. The average molecular weight is 393 g/mol. The third kappa shape index (κ3) is 4.42. The minimum Gasteiger partial charge on any atom is -0.455 e. The molecule has 1 aromatic heterocycles. The zero-order chi connectivity index (χ0) is 19.3. The molecule has 0 spiro atoms. The van der Waals surface area contributed by atoms with Crippen LogP contribution in [0.3, 0.4) is 0 Å². The van der Waals surface area contributed by atoms with Crippen molar-refractivity contribution >= 4 is 23.4 Å². The number of carbonyl (C=O) groups excluding carboxylic acids is 1. The van der Waals surface area contributed by atoms with Gasteiger partial charge >= 0.3 is 0 Å². The molecule has 5 heteroatoms. The lowest BCUT2D eigenvalue weighted by Crippen LogP contribution is -2.32. The van der Waals surface area contributed by atoms with E-state index in [-0.39, 0.29) is 5.91 Å². The summed E-state index contributed by atoms with van der Waals surface area (Å²) < 4.78 is 5.86. The molecule has 4 nitrogen and oxygen atoms in total. The first kappa shape index (κ1) is 18.7. The van der Waals surface area contributed by atoms with Crippen molar-refractivity contribution in [3.63, 3.8) is 0 Å². The fourth-order valence-electron chi connectivity index (χ4n) is 3.41. The minimum atomic E-state index is -0.0477. The normalized spacial score (nSPS) is 13.5. The van der Waals surface area contributed by atoms with Crippen molar-refractivity contribution in [2.45, 2.75) is 25.0 Å². The molecule has 2 aromatic carbocycles. The van der Waals surface area contributed by atoms with Gasteiger partial charge in [0.25, 0.3) is 5.91 Å². The molecule has 0 aliphatic carbocycles. The van der Waals surface area contributed by atoms with Crippen LogP contribution in [-0.2, 0) is 18.1 Å².